The van der Waals surface area contributed by atoms with Crippen LogP contribution in [0.3, 0.4) is 0 Å². The number of rotatable bonds is 4. The van der Waals surface area contributed by atoms with Gasteiger partial charge in [-0.3, -0.25) is 0 Å². The molecule has 9 rings (SSSR count). The molecule has 6 aromatic carbocycles. The van der Waals surface area contributed by atoms with Crippen LogP contribution in [0.15, 0.2) is 186 Å². The second-order valence-corrected chi connectivity index (χ2v) is 12.7. The Kier molecular flexibility index (Phi) is 7.03. The Morgan fingerprint density at radius 3 is 2.06 bits per heavy atom. The monoisotopic (exact) mass is 630 g/mol. The number of hydrogen-bond donors (Lipinski definition) is 1. The Labute approximate surface area is 285 Å². The average Bonchev–Trinajstić information content (AvgIpc) is 3.50. The Hall–Kier alpha value is -6.10. The molecule has 1 aromatic heterocycles. The minimum absolute atomic E-state index is 0.581. The molecule has 0 saturated heterocycles. The van der Waals surface area contributed by atoms with E-state index in [4.69, 9.17) is 15.7 Å². The third-order valence-electron chi connectivity index (χ3n) is 9.98. The lowest BCUT2D eigenvalue weighted by Gasteiger charge is -2.42. The van der Waals surface area contributed by atoms with Crippen molar-refractivity contribution in [2.45, 2.75) is 18.0 Å². The second-order valence-electron chi connectivity index (χ2n) is 12.7. The largest absolute Gasteiger partial charge is 0.309 e. The Morgan fingerprint density at radius 1 is 0.612 bits per heavy atom. The smallest absolute Gasteiger partial charge is 0.156 e. The van der Waals surface area contributed by atoms with Gasteiger partial charge >= 0.3 is 0 Å². The van der Waals surface area contributed by atoms with Gasteiger partial charge in [-0.1, -0.05) is 146 Å². The highest BCUT2D eigenvalue weighted by molar-refractivity contribution is 6.22. The van der Waals surface area contributed by atoms with Crippen LogP contribution >= 0.6 is 0 Å². The molecule has 2 heterocycles. The summed E-state index contributed by atoms with van der Waals surface area (Å²) in [7, 11) is 0. The number of amidine groups is 1. The van der Waals surface area contributed by atoms with E-state index >= 15 is 0 Å². The van der Waals surface area contributed by atoms with Crippen molar-refractivity contribution in [3.05, 3.63) is 204 Å². The van der Waals surface area contributed by atoms with Crippen molar-refractivity contribution in [3.63, 3.8) is 0 Å². The first kappa shape index (κ1) is 29.1. The molecular formula is C45H34N4. The number of nitrogens with zero attached hydrogens (tertiary/aromatic N) is 3. The van der Waals surface area contributed by atoms with Crippen LogP contribution in [-0.4, -0.2) is 16.1 Å². The number of aliphatic imine (C=N–C) groups is 2. The van der Waals surface area contributed by atoms with Gasteiger partial charge in [0.05, 0.1) is 22.2 Å². The minimum Gasteiger partial charge on any atom is -0.309 e. The van der Waals surface area contributed by atoms with Crippen LogP contribution in [0.4, 0.5) is 0 Å². The van der Waals surface area contributed by atoms with Crippen molar-refractivity contribution >= 4 is 38.9 Å². The lowest BCUT2D eigenvalue weighted by molar-refractivity contribution is 0.685. The third-order valence-corrected chi connectivity index (χ3v) is 9.98. The summed E-state index contributed by atoms with van der Waals surface area (Å²) in [6.45, 7) is 0. The van der Waals surface area contributed by atoms with Crippen LogP contribution in [0.5, 0.6) is 0 Å². The zero-order valence-corrected chi connectivity index (χ0v) is 26.9. The van der Waals surface area contributed by atoms with Gasteiger partial charge < -0.3 is 10.3 Å². The van der Waals surface area contributed by atoms with Crippen LogP contribution in [0, 0.1) is 0 Å². The standard InChI is InChI=1S/C45H34N4/c46-43-36-23-10-12-25-39(36)45(42(31-16-4-1-5-17-31)47-44(48-43)32-18-6-2-7-19-32)29-15-14-24-38(45)33-27-28-41-37(30-33)35-22-11-13-26-40(35)49(41)34-20-8-3-9-21-34/h1-28,30,43H,29,46H2/b47-42?,48-44-. The molecule has 1 spiro atoms. The molecule has 0 bridgehead atoms. The second kappa shape index (κ2) is 11.9. The van der Waals surface area contributed by atoms with Gasteiger partial charge in [0.15, 0.2) is 5.84 Å². The average molecular weight is 631 g/mol. The molecule has 4 heteroatoms. The van der Waals surface area contributed by atoms with Crippen molar-refractivity contribution in [3.8, 4) is 5.69 Å². The van der Waals surface area contributed by atoms with Gasteiger partial charge in [-0.2, -0.15) is 0 Å². The van der Waals surface area contributed by atoms with Crippen molar-refractivity contribution in [1.29, 1.82) is 0 Å². The highest BCUT2D eigenvalue weighted by atomic mass is 15.0. The molecule has 0 saturated carbocycles. The van der Waals surface area contributed by atoms with Gasteiger partial charge in [0.25, 0.3) is 0 Å². The molecule has 2 N–H and O–H groups in total. The molecule has 234 valence electrons. The molecule has 2 unspecified atom stereocenters. The highest BCUT2D eigenvalue weighted by Gasteiger charge is 2.45. The normalized spacial score (nSPS) is 19.9. The predicted molar refractivity (Wildman–Crippen MR) is 204 cm³/mol. The maximum absolute atomic E-state index is 7.00. The van der Waals surface area contributed by atoms with Crippen LogP contribution < -0.4 is 5.73 Å². The highest BCUT2D eigenvalue weighted by Crippen LogP contribution is 2.50. The van der Waals surface area contributed by atoms with E-state index in [1.54, 1.807) is 0 Å². The molecule has 1 aliphatic carbocycles. The van der Waals surface area contributed by atoms with E-state index in [-0.39, 0.29) is 0 Å². The first-order chi connectivity index (χ1) is 24.2. The number of nitrogens with two attached hydrogens (primary N) is 1. The Bertz CT molecular complexity index is 2470. The summed E-state index contributed by atoms with van der Waals surface area (Å²) in [5, 5.41) is 2.43. The zero-order valence-electron chi connectivity index (χ0n) is 26.9. The molecule has 4 nitrogen and oxygen atoms in total. The van der Waals surface area contributed by atoms with Crippen LogP contribution in [0.2, 0.25) is 0 Å². The van der Waals surface area contributed by atoms with E-state index in [1.165, 1.54) is 27.4 Å². The first-order valence-corrected chi connectivity index (χ1v) is 16.8. The summed E-state index contributed by atoms with van der Waals surface area (Å²) in [5.41, 5.74) is 17.3. The van der Waals surface area contributed by atoms with Gasteiger partial charge in [-0.05, 0) is 64.6 Å². The molecule has 7 aromatic rings. The molecule has 0 fully saturated rings. The topological polar surface area (TPSA) is 55.7 Å². The van der Waals surface area contributed by atoms with E-state index < -0.39 is 11.6 Å². The summed E-state index contributed by atoms with van der Waals surface area (Å²) in [6, 6.07) is 55.5. The minimum atomic E-state index is -0.647. The SMILES string of the molecule is NC1/N=C(/c2ccccc2)N=C(c2ccccc2)C2(CC=CC=C2c2ccc3c(c2)c2ccccc2n3-c2ccccc2)c2ccccc21. The molecule has 2 atom stereocenters. The number of para-hydroxylation sites is 2. The molecule has 0 amide bonds. The Balaban J connectivity index is 1.35. The lowest BCUT2D eigenvalue weighted by atomic mass is 9.61. The fourth-order valence-corrected chi connectivity index (χ4v) is 7.81. The number of allylic oxidation sites excluding steroid dienone is 4. The summed E-state index contributed by atoms with van der Waals surface area (Å²) in [6.07, 6.45) is 6.88. The molecule has 1 aliphatic heterocycles. The van der Waals surface area contributed by atoms with Gasteiger partial charge in [-0.15, -0.1) is 0 Å². The molecule has 0 radical (unpaired) electrons. The third kappa shape index (κ3) is 4.72. The summed E-state index contributed by atoms with van der Waals surface area (Å²) in [4.78, 5) is 10.6. The summed E-state index contributed by atoms with van der Waals surface area (Å²) >= 11 is 0. The fourth-order valence-electron chi connectivity index (χ4n) is 7.81. The maximum Gasteiger partial charge on any atom is 0.156 e. The van der Waals surface area contributed by atoms with E-state index in [0.717, 1.165) is 45.6 Å². The van der Waals surface area contributed by atoms with Crippen LogP contribution in [0.1, 0.15) is 40.4 Å². The number of benzene rings is 6. The van der Waals surface area contributed by atoms with Gasteiger partial charge in [-0.25, -0.2) is 9.98 Å². The van der Waals surface area contributed by atoms with Crippen molar-refractivity contribution in [1.82, 2.24) is 4.57 Å². The molecule has 2 aliphatic rings. The Morgan fingerprint density at radius 2 is 1.27 bits per heavy atom. The van der Waals surface area contributed by atoms with E-state index in [1.807, 2.05) is 18.2 Å². The van der Waals surface area contributed by atoms with Crippen LogP contribution in [-0.2, 0) is 5.41 Å². The van der Waals surface area contributed by atoms with Crippen LogP contribution in [0.25, 0.3) is 33.1 Å². The predicted octanol–water partition coefficient (Wildman–Crippen LogP) is 9.97. The number of aromatic nitrogens is 1. The van der Waals surface area contributed by atoms with E-state index in [0.29, 0.717) is 5.84 Å². The van der Waals surface area contributed by atoms with Gasteiger partial charge in [0.1, 0.15) is 6.17 Å². The van der Waals surface area contributed by atoms with Crippen molar-refractivity contribution in [2.24, 2.45) is 15.7 Å². The van der Waals surface area contributed by atoms with E-state index in [2.05, 4.69) is 162 Å². The van der Waals surface area contributed by atoms with Gasteiger partial charge in [0.2, 0.25) is 0 Å². The van der Waals surface area contributed by atoms with Gasteiger partial charge in [0, 0.05) is 22.0 Å². The molecule has 49 heavy (non-hydrogen) atoms. The van der Waals surface area contributed by atoms with E-state index in [9.17, 15) is 0 Å². The summed E-state index contributed by atoms with van der Waals surface area (Å²) in [5.74, 6) is 0.635. The first-order valence-electron chi connectivity index (χ1n) is 16.8. The summed E-state index contributed by atoms with van der Waals surface area (Å²) < 4.78 is 2.36. The molecular weight excluding hydrogens is 597 g/mol. The zero-order chi connectivity index (χ0) is 32.8. The maximum atomic E-state index is 7.00. The lowest BCUT2D eigenvalue weighted by Crippen LogP contribution is -2.41. The van der Waals surface area contributed by atoms with Crippen molar-refractivity contribution in [2.75, 3.05) is 0 Å². The number of hydrogen-bond acceptors (Lipinski definition) is 3. The quantitative estimate of drug-likeness (QED) is 0.207. The fraction of sp³-hybridized carbons (Fsp3) is 0.0667. The van der Waals surface area contributed by atoms with Crippen molar-refractivity contribution < 1.29 is 0 Å². The number of fused-ring (bicyclic) bond motifs is 5.